The summed E-state index contributed by atoms with van der Waals surface area (Å²) in [6, 6.07) is 10.8. The van der Waals surface area contributed by atoms with E-state index in [9.17, 15) is 4.79 Å². The Balaban J connectivity index is 1.38. The predicted molar refractivity (Wildman–Crippen MR) is 128 cm³/mol. The maximum Gasteiger partial charge on any atom is 0.244 e. The SMILES string of the molecule is CCOc1cc(/C=N\NC(=O)[C@@H]2[C@@H]3CCCC[C@@]23C)ccc1OCc1ccc(Cl)cc1Cl. The van der Waals surface area contributed by atoms with Crippen molar-refractivity contribution in [3.8, 4) is 11.5 Å². The number of rotatable bonds is 8. The number of ether oxygens (including phenoxy) is 2. The maximum absolute atomic E-state index is 12.6. The highest BCUT2D eigenvalue weighted by molar-refractivity contribution is 6.35. The van der Waals surface area contributed by atoms with E-state index < -0.39 is 0 Å². The Morgan fingerprint density at radius 3 is 2.75 bits per heavy atom. The molecule has 170 valence electrons. The van der Waals surface area contributed by atoms with Crippen LogP contribution < -0.4 is 14.9 Å². The molecule has 0 aromatic heterocycles. The molecule has 4 rings (SSSR count). The monoisotopic (exact) mass is 474 g/mol. The van der Waals surface area contributed by atoms with Crippen LogP contribution in [0.15, 0.2) is 41.5 Å². The third-order valence-electron chi connectivity index (χ3n) is 6.67. The topological polar surface area (TPSA) is 59.9 Å². The highest BCUT2D eigenvalue weighted by atomic mass is 35.5. The minimum atomic E-state index is 0.0282. The lowest BCUT2D eigenvalue weighted by Gasteiger charge is -2.15. The van der Waals surface area contributed by atoms with Crippen molar-refractivity contribution in [3.63, 3.8) is 0 Å². The van der Waals surface area contributed by atoms with Gasteiger partial charge in [-0.1, -0.05) is 49.0 Å². The van der Waals surface area contributed by atoms with Crippen LogP contribution in [0.25, 0.3) is 0 Å². The highest BCUT2D eigenvalue weighted by Crippen LogP contribution is 2.66. The summed E-state index contributed by atoms with van der Waals surface area (Å²) in [5.74, 6) is 1.85. The lowest BCUT2D eigenvalue weighted by Crippen LogP contribution is -2.22. The Kier molecular flexibility index (Phi) is 6.96. The highest BCUT2D eigenvalue weighted by Gasteiger charge is 2.64. The fraction of sp³-hybridized carbons (Fsp3) is 0.440. The number of benzene rings is 2. The molecule has 0 radical (unpaired) electrons. The third-order valence-corrected chi connectivity index (χ3v) is 7.26. The van der Waals surface area contributed by atoms with Gasteiger partial charge in [-0.05, 0) is 67.0 Å². The van der Waals surface area contributed by atoms with Crippen LogP contribution in [0.2, 0.25) is 10.0 Å². The van der Waals surface area contributed by atoms with Crippen molar-refractivity contribution in [1.29, 1.82) is 0 Å². The fourth-order valence-electron chi connectivity index (χ4n) is 4.88. The Labute approximate surface area is 199 Å². The summed E-state index contributed by atoms with van der Waals surface area (Å²) in [4.78, 5) is 12.6. The van der Waals surface area contributed by atoms with Crippen LogP contribution in [0.4, 0.5) is 0 Å². The van der Waals surface area contributed by atoms with E-state index in [1.54, 1.807) is 18.3 Å². The molecule has 0 heterocycles. The Bertz CT molecular complexity index is 1030. The molecule has 5 nitrogen and oxygen atoms in total. The Morgan fingerprint density at radius 1 is 1.19 bits per heavy atom. The van der Waals surface area contributed by atoms with Gasteiger partial charge in [-0.15, -0.1) is 0 Å². The van der Waals surface area contributed by atoms with Gasteiger partial charge in [0, 0.05) is 21.5 Å². The van der Waals surface area contributed by atoms with Gasteiger partial charge in [-0.3, -0.25) is 4.79 Å². The number of hydrogen-bond acceptors (Lipinski definition) is 4. The first kappa shape index (κ1) is 22.9. The van der Waals surface area contributed by atoms with Crippen LogP contribution in [-0.2, 0) is 11.4 Å². The summed E-state index contributed by atoms with van der Waals surface area (Å²) in [6.45, 7) is 4.93. The van der Waals surface area contributed by atoms with Crippen LogP contribution in [0.1, 0.15) is 50.7 Å². The van der Waals surface area contributed by atoms with Crippen molar-refractivity contribution in [2.24, 2.45) is 22.4 Å². The summed E-state index contributed by atoms with van der Waals surface area (Å²) in [5.41, 5.74) is 4.55. The molecule has 2 aromatic rings. The van der Waals surface area contributed by atoms with Gasteiger partial charge in [0.2, 0.25) is 5.91 Å². The number of hydrogen-bond donors (Lipinski definition) is 1. The summed E-state index contributed by atoms with van der Waals surface area (Å²) in [7, 11) is 0. The van der Waals surface area contributed by atoms with Gasteiger partial charge in [-0.2, -0.15) is 5.10 Å². The molecule has 2 saturated carbocycles. The smallest absolute Gasteiger partial charge is 0.244 e. The van der Waals surface area contributed by atoms with Crippen molar-refractivity contribution >= 4 is 35.3 Å². The molecular weight excluding hydrogens is 447 g/mol. The van der Waals surface area contributed by atoms with E-state index in [1.165, 1.54) is 12.8 Å². The largest absolute Gasteiger partial charge is 0.490 e. The van der Waals surface area contributed by atoms with Gasteiger partial charge in [0.05, 0.1) is 12.8 Å². The van der Waals surface area contributed by atoms with Gasteiger partial charge in [0.25, 0.3) is 0 Å². The van der Waals surface area contributed by atoms with Gasteiger partial charge in [0.1, 0.15) is 6.61 Å². The van der Waals surface area contributed by atoms with Gasteiger partial charge in [0.15, 0.2) is 11.5 Å². The van der Waals surface area contributed by atoms with Gasteiger partial charge in [-0.25, -0.2) is 5.43 Å². The van der Waals surface area contributed by atoms with E-state index in [2.05, 4.69) is 17.5 Å². The molecule has 3 atom stereocenters. The molecule has 0 aliphatic heterocycles. The number of nitrogens with zero attached hydrogens (tertiary/aromatic N) is 1. The zero-order chi connectivity index (χ0) is 22.7. The molecule has 2 aliphatic rings. The number of carbonyl (C=O) groups is 1. The lowest BCUT2D eigenvalue weighted by atomic mass is 9.90. The Hall–Kier alpha value is -2.24. The second-order valence-corrected chi connectivity index (χ2v) is 9.58. The number of carbonyl (C=O) groups excluding carboxylic acids is 1. The summed E-state index contributed by atoms with van der Waals surface area (Å²) < 4.78 is 11.7. The van der Waals surface area contributed by atoms with E-state index >= 15 is 0 Å². The maximum atomic E-state index is 12.6. The van der Waals surface area contributed by atoms with E-state index in [0.29, 0.717) is 40.7 Å². The van der Waals surface area contributed by atoms with E-state index in [-0.39, 0.29) is 17.2 Å². The number of fused-ring (bicyclic) bond motifs is 1. The van der Waals surface area contributed by atoms with E-state index in [0.717, 1.165) is 24.0 Å². The molecular formula is C25H28Cl2N2O3. The zero-order valence-electron chi connectivity index (χ0n) is 18.4. The third kappa shape index (κ3) is 4.89. The summed E-state index contributed by atoms with van der Waals surface area (Å²) in [6.07, 6.45) is 6.37. The van der Waals surface area contributed by atoms with E-state index in [4.69, 9.17) is 32.7 Å². The molecule has 0 saturated heterocycles. The van der Waals surface area contributed by atoms with Crippen molar-refractivity contribution in [1.82, 2.24) is 5.43 Å². The van der Waals surface area contributed by atoms with Gasteiger partial charge >= 0.3 is 0 Å². The number of hydrazone groups is 1. The quantitative estimate of drug-likeness (QED) is 0.363. The number of nitrogens with one attached hydrogen (secondary N) is 1. The minimum absolute atomic E-state index is 0.0282. The van der Waals surface area contributed by atoms with Gasteiger partial charge < -0.3 is 9.47 Å². The first-order valence-corrected chi connectivity index (χ1v) is 11.8. The lowest BCUT2D eigenvalue weighted by molar-refractivity contribution is -0.123. The molecule has 0 spiro atoms. The summed E-state index contributed by atoms with van der Waals surface area (Å²) >= 11 is 12.2. The average molecular weight is 475 g/mol. The van der Waals surface area contributed by atoms with Crippen molar-refractivity contribution in [2.45, 2.75) is 46.1 Å². The first-order valence-electron chi connectivity index (χ1n) is 11.1. The van der Waals surface area contributed by atoms with Crippen molar-refractivity contribution in [3.05, 3.63) is 57.6 Å². The molecule has 7 heteroatoms. The average Bonchev–Trinajstić information content (AvgIpc) is 3.40. The molecule has 0 bridgehead atoms. The minimum Gasteiger partial charge on any atom is -0.490 e. The number of halogens is 2. The van der Waals surface area contributed by atoms with Crippen LogP contribution in [0, 0.1) is 17.3 Å². The van der Waals surface area contributed by atoms with Crippen molar-refractivity contribution < 1.29 is 14.3 Å². The van der Waals surface area contributed by atoms with E-state index in [1.807, 2.05) is 31.2 Å². The fourth-order valence-corrected chi connectivity index (χ4v) is 5.34. The molecule has 0 unspecified atom stereocenters. The second kappa shape index (κ2) is 9.72. The van der Waals surface area contributed by atoms with Crippen LogP contribution >= 0.6 is 23.2 Å². The van der Waals surface area contributed by atoms with Crippen LogP contribution in [-0.4, -0.2) is 18.7 Å². The summed E-state index contributed by atoms with van der Waals surface area (Å²) in [5, 5.41) is 5.32. The van der Waals surface area contributed by atoms with Crippen LogP contribution in [0.3, 0.4) is 0 Å². The molecule has 1 N–H and O–H groups in total. The predicted octanol–water partition coefficient (Wildman–Crippen LogP) is 6.25. The molecule has 1 amide bonds. The Morgan fingerprint density at radius 2 is 2.03 bits per heavy atom. The zero-order valence-corrected chi connectivity index (χ0v) is 19.9. The molecule has 2 aromatic carbocycles. The molecule has 32 heavy (non-hydrogen) atoms. The normalized spacial score (nSPS) is 24.1. The molecule has 2 aliphatic carbocycles. The number of amides is 1. The molecule has 2 fully saturated rings. The van der Waals surface area contributed by atoms with Crippen molar-refractivity contribution in [2.75, 3.05) is 6.61 Å². The van der Waals surface area contributed by atoms with Crippen LogP contribution in [0.5, 0.6) is 11.5 Å². The standard InChI is InChI=1S/C25H28Cl2N2O3/c1-3-31-22-12-16(7-10-21(22)32-15-17-8-9-18(26)13-20(17)27)14-28-29-24(30)23-19-6-4-5-11-25(19,23)2/h7-10,12-14,19,23H,3-6,11,15H2,1-2H3,(H,29,30)/b28-14-/t19-,23-,25+/m0/s1. The first-order chi connectivity index (χ1) is 15.4. The second-order valence-electron chi connectivity index (χ2n) is 8.73.